The minimum Gasteiger partial charge on any atom is -0.344 e. The van der Waals surface area contributed by atoms with Crippen molar-refractivity contribution in [3.63, 3.8) is 0 Å². The lowest BCUT2D eigenvalue weighted by Gasteiger charge is -2.24. The van der Waals surface area contributed by atoms with Gasteiger partial charge >= 0.3 is 0 Å². The van der Waals surface area contributed by atoms with Gasteiger partial charge in [-0.05, 0) is 56.5 Å². The first kappa shape index (κ1) is 8.82. The Bertz CT molecular complexity index is 1140. The van der Waals surface area contributed by atoms with Gasteiger partial charge in [0.1, 0.15) is 0 Å². The standard InChI is InChI=1S/C21H25N3/c1-15-4-7-20-18(12-15)19-14-23(3)10-9-21(19)24(20)11-8-17-6-5-16(2)22-13-17/h4-7,12-13H,8-11,14H2,1-3H3/i1D3,3D3,11D2. The van der Waals surface area contributed by atoms with E-state index in [2.05, 4.69) is 4.98 Å². The normalized spacial score (nSPS) is 21.5. The summed E-state index contributed by atoms with van der Waals surface area (Å²) < 4.78 is 66.1. The van der Waals surface area contributed by atoms with E-state index < -0.39 is 20.3 Å². The van der Waals surface area contributed by atoms with Crippen LogP contribution in [-0.2, 0) is 25.9 Å². The maximum absolute atomic E-state index is 8.91. The zero-order valence-electron chi connectivity index (χ0n) is 21.6. The molecule has 1 aliphatic heterocycles. The molecule has 0 saturated carbocycles. The third-order valence-electron chi connectivity index (χ3n) is 4.56. The van der Waals surface area contributed by atoms with Gasteiger partial charge in [0, 0.05) is 62.7 Å². The van der Waals surface area contributed by atoms with Crippen molar-refractivity contribution in [1.82, 2.24) is 14.5 Å². The van der Waals surface area contributed by atoms with Crippen LogP contribution in [0, 0.1) is 13.8 Å². The van der Waals surface area contributed by atoms with Gasteiger partial charge in [-0.25, -0.2) is 0 Å². The van der Waals surface area contributed by atoms with Crippen LogP contribution in [0.2, 0.25) is 0 Å². The largest absolute Gasteiger partial charge is 0.344 e. The number of hydrogen-bond acceptors (Lipinski definition) is 2. The van der Waals surface area contributed by atoms with Crippen molar-refractivity contribution in [2.75, 3.05) is 13.5 Å². The van der Waals surface area contributed by atoms with Crippen molar-refractivity contribution in [2.24, 2.45) is 0 Å². The molecule has 0 radical (unpaired) electrons. The van der Waals surface area contributed by atoms with E-state index in [-0.39, 0.29) is 25.1 Å². The van der Waals surface area contributed by atoms with E-state index in [1.807, 2.05) is 19.1 Å². The first-order chi connectivity index (χ1) is 14.8. The first-order valence-electron chi connectivity index (χ1n) is 12.1. The van der Waals surface area contributed by atoms with E-state index in [1.54, 1.807) is 22.9 Å². The average molecular weight is 328 g/mol. The predicted octanol–water partition coefficient (Wildman–Crippen LogP) is 3.88. The summed E-state index contributed by atoms with van der Waals surface area (Å²) in [6.07, 6.45) is 2.10. The van der Waals surface area contributed by atoms with Crippen molar-refractivity contribution in [1.29, 1.82) is 0 Å². The Morgan fingerprint density at radius 1 is 1.29 bits per heavy atom. The lowest BCUT2D eigenvalue weighted by molar-refractivity contribution is 0.309. The summed E-state index contributed by atoms with van der Waals surface area (Å²) in [6.45, 7) is -4.15. The number of aryl methyl sites for hydroxylation is 4. The molecule has 0 saturated heterocycles. The van der Waals surface area contributed by atoms with Crippen LogP contribution in [0.4, 0.5) is 0 Å². The van der Waals surface area contributed by atoms with Gasteiger partial charge in [-0.15, -0.1) is 0 Å². The first-order valence-corrected chi connectivity index (χ1v) is 8.11. The van der Waals surface area contributed by atoms with Crippen molar-refractivity contribution in [3.8, 4) is 0 Å². The van der Waals surface area contributed by atoms with Gasteiger partial charge in [0.2, 0.25) is 0 Å². The van der Waals surface area contributed by atoms with E-state index in [9.17, 15) is 0 Å². The highest BCUT2D eigenvalue weighted by atomic mass is 15.1. The SMILES string of the molecule is [2H]C([2H])([2H])c1ccc2c(c1)c1c(n2C([2H])([2H])Cc2ccc(C)nc2)CCN(C([2H])([2H])[2H])C1. The van der Waals surface area contributed by atoms with Crippen LogP contribution in [0.25, 0.3) is 10.9 Å². The Morgan fingerprint density at radius 3 is 3.04 bits per heavy atom. The molecule has 0 amide bonds. The van der Waals surface area contributed by atoms with E-state index in [0.29, 0.717) is 28.6 Å². The molecule has 2 aromatic heterocycles. The predicted molar refractivity (Wildman–Crippen MR) is 99.4 cm³/mol. The zero-order valence-corrected chi connectivity index (χ0v) is 13.6. The summed E-state index contributed by atoms with van der Waals surface area (Å²) in [5.41, 5.74) is 3.71. The van der Waals surface area contributed by atoms with Gasteiger partial charge in [0.15, 0.2) is 0 Å². The summed E-state index contributed by atoms with van der Waals surface area (Å²) in [4.78, 5) is 5.64. The molecule has 4 rings (SSSR count). The van der Waals surface area contributed by atoms with Crippen LogP contribution >= 0.6 is 0 Å². The zero-order chi connectivity index (χ0) is 23.5. The maximum atomic E-state index is 8.91. The number of rotatable bonds is 3. The molecular formula is C21H25N3. The molecule has 1 aliphatic rings. The molecule has 0 bridgehead atoms. The van der Waals surface area contributed by atoms with Crippen molar-refractivity contribution >= 4 is 10.9 Å². The second-order valence-corrected chi connectivity index (χ2v) is 6.31. The van der Waals surface area contributed by atoms with Crippen LogP contribution in [0.1, 0.15) is 39.0 Å². The molecular weight excluding hydrogens is 294 g/mol. The Hall–Kier alpha value is -2.13. The molecule has 24 heavy (non-hydrogen) atoms. The molecule has 3 aromatic rings. The Labute approximate surface area is 155 Å². The molecule has 3 heteroatoms. The summed E-state index contributed by atoms with van der Waals surface area (Å²) in [6, 6.07) is 8.39. The molecule has 0 unspecified atom stereocenters. The average Bonchev–Trinajstić information content (AvgIpc) is 3.02. The van der Waals surface area contributed by atoms with Gasteiger partial charge in [-0.2, -0.15) is 0 Å². The fourth-order valence-corrected chi connectivity index (χ4v) is 3.31. The van der Waals surface area contributed by atoms with E-state index in [0.717, 1.165) is 11.3 Å². The Balaban J connectivity index is 1.88. The fraction of sp³-hybridized carbons (Fsp3) is 0.381. The molecule has 124 valence electrons. The fourth-order valence-electron chi connectivity index (χ4n) is 3.31. The number of nitrogens with zero attached hydrogens (tertiary/aromatic N) is 3. The summed E-state index contributed by atoms with van der Waals surface area (Å²) in [5.74, 6) is 0. The summed E-state index contributed by atoms with van der Waals surface area (Å²) in [7, 11) is 0. The van der Waals surface area contributed by atoms with Crippen LogP contribution in [0.3, 0.4) is 0 Å². The summed E-state index contributed by atoms with van der Waals surface area (Å²) in [5, 5.41) is 0.591. The smallest absolute Gasteiger partial charge is 0.0501 e. The van der Waals surface area contributed by atoms with E-state index >= 15 is 0 Å². The molecule has 0 spiro atoms. The number of pyridine rings is 1. The van der Waals surface area contributed by atoms with Crippen LogP contribution in [0.15, 0.2) is 36.5 Å². The van der Waals surface area contributed by atoms with E-state index in [1.165, 1.54) is 11.0 Å². The molecule has 0 fully saturated rings. The van der Waals surface area contributed by atoms with Crippen LogP contribution < -0.4 is 0 Å². The minimum absolute atomic E-state index is 0.0838. The van der Waals surface area contributed by atoms with Gasteiger partial charge in [0.25, 0.3) is 0 Å². The van der Waals surface area contributed by atoms with Crippen molar-refractivity contribution in [3.05, 3.63) is 64.6 Å². The molecule has 3 nitrogen and oxygen atoms in total. The number of likely N-dealkylation sites (N-methyl/N-ethyl adjacent to an activating group) is 1. The van der Waals surface area contributed by atoms with E-state index in [4.69, 9.17) is 11.0 Å². The highest BCUT2D eigenvalue weighted by molar-refractivity contribution is 5.86. The molecule has 1 aromatic carbocycles. The molecule has 0 aliphatic carbocycles. The van der Waals surface area contributed by atoms with Crippen molar-refractivity contribution < 1.29 is 11.0 Å². The summed E-state index contributed by atoms with van der Waals surface area (Å²) >= 11 is 0. The van der Waals surface area contributed by atoms with Crippen molar-refractivity contribution in [2.45, 2.75) is 39.7 Å². The van der Waals surface area contributed by atoms with Crippen LogP contribution in [-0.4, -0.2) is 28.0 Å². The second-order valence-electron chi connectivity index (χ2n) is 6.31. The van der Waals surface area contributed by atoms with Gasteiger partial charge < -0.3 is 9.47 Å². The topological polar surface area (TPSA) is 21.1 Å². The number of aromatic nitrogens is 2. The van der Waals surface area contributed by atoms with Gasteiger partial charge in [-0.3, -0.25) is 4.98 Å². The molecule has 0 atom stereocenters. The second kappa shape index (κ2) is 6.06. The third-order valence-corrected chi connectivity index (χ3v) is 4.56. The number of benzene rings is 1. The lowest BCUT2D eigenvalue weighted by atomic mass is 10.0. The minimum atomic E-state index is -2.31. The maximum Gasteiger partial charge on any atom is 0.0501 e. The highest BCUT2D eigenvalue weighted by Crippen LogP contribution is 2.31. The van der Waals surface area contributed by atoms with Gasteiger partial charge in [0.05, 0.1) is 2.74 Å². The molecule has 0 N–H and O–H groups in total. The monoisotopic (exact) mass is 327 g/mol. The third kappa shape index (κ3) is 2.73. The lowest BCUT2D eigenvalue weighted by Crippen LogP contribution is -2.27. The molecule has 3 heterocycles. The number of fused-ring (bicyclic) bond motifs is 3. The quantitative estimate of drug-likeness (QED) is 0.728. The highest BCUT2D eigenvalue weighted by Gasteiger charge is 2.22. The van der Waals surface area contributed by atoms with Gasteiger partial charge in [-0.1, -0.05) is 17.7 Å². The Kier molecular flexibility index (Phi) is 2.23. The number of hydrogen-bond donors (Lipinski definition) is 0. The van der Waals surface area contributed by atoms with Crippen LogP contribution in [0.5, 0.6) is 0 Å². The Morgan fingerprint density at radius 2 is 2.25 bits per heavy atom.